The van der Waals surface area contributed by atoms with Crippen LogP contribution in [0.1, 0.15) is 12.5 Å². The molecule has 0 heterocycles. The van der Waals surface area contributed by atoms with E-state index in [1.54, 1.807) is 19.1 Å². The predicted molar refractivity (Wildman–Crippen MR) is 66.3 cm³/mol. The van der Waals surface area contributed by atoms with Gasteiger partial charge in [0, 0.05) is 13.0 Å². The van der Waals surface area contributed by atoms with Crippen molar-refractivity contribution in [3.63, 3.8) is 0 Å². The van der Waals surface area contributed by atoms with Gasteiger partial charge in [-0.2, -0.15) is 0 Å². The van der Waals surface area contributed by atoms with E-state index in [9.17, 15) is 14.0 Å². The molecule has 5 nitrogen and oxygen atoms in total. The molecule has 0 saturated carbocycles. The van der Waals surface area contributed by atoms with Crippen LogP contribution in [0, 0.1) is 12.7 Å². The molecule has 0 fully saturated rings. The van der Waals surface area contributed by atoms with E-state index in [4.69, 9.17) is 4.74 Å². The second-order valence-corrected chi connectivity index (χ2v) is 4.00. The summed E-state index contributed by atoms with van der Waals surface area (Å²) in [6.45, 7) is 2.78. The third-order valence-electron chi connectivity index (χ3n) is 2.42. The summed E-state index contributed by atoms with van der Waals surface area (Å²) in [6, 6.07) is 3.45. The lowest BCUT2D eigenvalue weighted by Gasteiger charge is -2.16. The number of nitrogens with one attached hydrogen (secondary N) is 1. The van der Waals surface area contributed by atoms with Crippen molar-refractivity contribution in [1.82, 2.24) is 5.32 Å². The number of halogens is 1. The van der Waals surface area contributed by atoms with Crippen LogP contribution >= 0.6 is 0 Å². The SMILES string of the molecule is COC(=O)C(COc1ccc(C)c(F)c1)NC(C)=O. The van der Waals surface area contributed by atoms with Crippen LogP contribution in [0.25, 0.3) is 0 Å². The molecular formula is C13H16FNO4. The number of esters is 1. The minimum absolute atomic E-state index is 0.130. The number of carbonyl (C=O) groups is 2. The zero-order valence-corrected chi connectivity index (χ0v) is 11.0. The molecule has 0 saturated heterocycles. The minimum atomic E-state index is -0.924. The van der Waals surface area contributed by atoms with Crippen molar-refractivity contribution in [3.8, 4) is 5.75 Å². The van der Waals surface area contributed by atoms with Crippen molar-refractivity contribution >= 4 is 11.9 Å². The summed E-state index contributed by atoms with van der Waals surface area (Å²) < 4.78 is 23.1. The Balaban J connectivity index is 2.67. The highest BCUT2D eigenvalue weighted by molar-refractivity contribution is 5.83. The molecule has 1 rings (SSSR count). The largest absolute Gasteiger partial charge is 0.491 e. The van der Waals surface area contributed by atoms with E-state index in [-0.39, 0.29) is 18.3 Å². The Labute approximate surface area is 110 Å². The van der Waals surface area contributed by atoms with Gasteiger partial charge in [0.1, 0.15) is 18.2 Å². The minimum Gasteiger partial charge on any atom is -0.491 e. The molecule has 0 bridgehead atoms. The van der Waals surface area contributed by atoms with E-state index in [0.29, 0.717) is 5.56 Å². The Morgan fingerprint density at radius 3 is 2.63 bits per heavy atom. The lowest BCUT2D eigenvalue weighted by molar-refractivity contribution is -0.145. The van der Waals surface area contributed by atoms with Crippen LogP contribution in [0.15, 0.2) is 18.2 Å². The molecule has 0 aliphatic rings. The Morgan fingerprint density at radius 1 is 1.42 bits per heavy atom. The Hall–Kier alpha value is -2.11. The van der Waals surface area contributed by atoms with Gasteiger partial charge in [-0.25, -0.2) is 9.18 Å². The average Bonchev–Trinajstić information content (AvgIpc) is 2.37. The molecular weight excluding hydrogens is 253 g/mol. The quantitative estimate of drug-likeness (QED) is 0.815. The molecule has 104 valence electrons. The molecule has 1 atom stereocenters. The molecule has 1 aromatic rings. The van der Waals surface area contributed by atoms with Crippen LogP contribution < -0.4 is 10.1 Å². The van der Waals surface area contributed by atoms with Crippen LogP contribution in [-0.2, 0) is 14.3 Å². The predicted octanol–water partition coefficient (Wildman–Crippen LogP) is 1.19. The first kappa shape index (κ1) is 14.9. The summed E-state index contributed by atoms with van der Waals surface area (Å²) in [5.41, 5.74) is 0.499. The zero-order chi connectivity index (χ0) is 14.4. The Morgan fingerprint density at radius 2 is 2.11 bits per heavy atom. The number of hydrogen-bond acceptors (Lipinski definition) is 4. The number of carbonyl (C=O) groups excluding carboxylic acids is 2. The molecule has 0 aromatic heterocycles. The second-order valence-electron chi connectivity index (χ2n) is 4.00. The molecule has 1 unspecified atom stereocenters. The number of hydrogen-bond donors (Lipinski definition) is 1. The first-order valence-corrected chi connectivity index (χ1v) is 5.68. The summed E-state index contributed by atoms with van der Waals surface area (Å²) >= 11 is 0. The number of methoxy groups -OCH3 is 1. The van der Waals surface area contributed by atoms with Gasteiger partial charge in [-0.15, -0.1) is 0 Å². The fourth-order valence-electron chi connectivity index (χ4n) is 1.40. The molecule has 1 N–H and O–H groups in total. The maximum atomic E-state index is 13.3. The number of rotatable bonds is 5. The lowest BCUT2D eigenvalue weighted by atomic mass is 10.2. The summed E-state index contributed by atoms with van der Waals surface area (Å²) in [5.74, 6) is -1.12. The highest BCUT2D eigenvalue weighted by Gasteiger charge is 2.21. The van der Waals surface area contributed by atoms with Gasteiger partial charge in [-0.1, -0.05) is 6.07 Å². The van der Waals surface area contributed by atoms with Crippen LogP contribution in [0.5, 0.6) is 5.75 Å². The van der Waals surface area contributed by atoms with Crippen molar-refractivity contribution in [1.29, 1.82) is 0 Å². The van der Waals surface area contributed by atoms with Gasteiger partial charge in [0.05, 0.1) is 7.11 Å². The van der Waals surface area contributed by atoms with Gasteiger partial charge in [-0.3, -0.25) is 4.79 Å². The van der Waals surface area contributed by atoms with Crippen LogP contribution in [-0.4, -0.2) is 31.6 Å². The standard InChI is InChI=1S/C13H16FNO4/c1-8-4-5-10(6-11(8)14)19-7-12(13(17)18-3)15-9(2)16/h4-6,12H,7H2,1-3H3,(H,15,16). The lowest BCUT2D eigenvalue weighted by Crippen LogP contribution is -2.44. The number of amides is 1. The van der Waals surface area contributed by atoms with E-state index in [1.165, 1.54) is 20.1 Å². The Kier molecular flexibility index (Phi) is 5.29. The summed E-state index contributed by atoms with van der Waals surface area (Å²) in [4.78, 5) is 22.3. The van der Waals surface area contributed by atoms with Gasteiger partial charge in [0.15, 0.2) is 6.04 Å². The molecule has 19 heavy (non-hydrogen) atoms. The van der Waals surface area contributed by atoms with E-state index < -0.39 is 17.8 Å². The van der Waals surface area contributed by atoms with Crippen LogP contribution in [0.2, 0.25) is 0 Å². The van der Waals surface area contributed by atoms with Crippen LogP contribution in [0.3, 0.4) is 0 Å². The van der Waals surface area contributed by atoms with Gasteiger partial charge in [0.2, 0.25) is 5.91 Å². The van der Waals surface area contributed by atoms with Crippen molar-refractivity contribution in [3.05, 3.63) is 29.6 Å². The topological polar surface area (TPSA) is 64.6 Å². The summed E-state index contributed by atoms with van der Waals surface area (Å²) in [5, 5.41) is 2.39. The molecule has 0 aliphatic carbocycles. The number of ether oxygens (including phenoxy) is 2. The summed E-state index contributed by atoms with van der Waals surface area (Å²) in [6.07, 6.45) is 0. The fraction of sp³-hybridized carbons (Fsp3) is 0.385. The van der Waals surface area contributed by atoms with Crippen molar-refractivity contribution < 1.29 is 23.5 Å². The van der Waals surface area contributed by atoms with E-state index in [0.717, 1.165) is 0 Å². The molecule has 0 spiro atoms. The maximum Gasteiger partial charge on any atom is 0.331 e. The fourth-order valence-corrected chi connectivity index (χ4v) is 1.40. The zero-order valence-electron chi connectivity index (χ0n) is 11.0. The molecule has 0 radical (unpaired) electrons. The Bertz CT molecular complexity index is 476. The normalized spacial score (nSPS) is 11.6. The third-order valence-corrected chi connectivity index (χ3v) is 2.42. The first-order valence-electron chi connectivity index (χ1n) is 5.68. The van der Waals surface area contributed by atoms with Crippen molar-refractivity contribution in [2.24, 2.45) is 0 Å². The van der Waals surface area contributed by atoms with E-state index >= 15 is 0 Å². The smallest absolute Gasteiger partial charge is 0.331 e. The monoisotopic (exact) mass is 269 g/mol. The average molecular weight is 269 g/mol. The summed E-state index contributed by atoms with van der Waals surface area (Å²) in [7, 11) is 1.21. The molecule has 0 aliphatic heterocycles. The number of aryl methyl sites for hydroxylation is 1. The highest BCUT2D eigenvalue weighted by Crippen LogP contribution is 2.16. The van der Waals surface area contributed by atoms with E-state index in [1.807, 2.05) is 0 Å². The first-order chi connectivity index (χ1) is 8.93. The number of benzene rings is 1. The van der Waals surface area contributed by atoms with Gasteiger partial charge in [0.25, 0.3) is 0 Å². The maximum absolute atomic E-state index is 13.3. The van der Waals surface area contributed by atoms with Gasteiger partial charge >= 0.3 is 5.97 Å². The van der Waals surface area contributed by atoms with E-state index in [2.05, 4.69) is 10.1 Å². The van der Waals surface area contributed by atoms with Crippen molar-refractivity contribution in [2.45, 2.75) is 19.9 Å². The van der Waals surface area contributed by atoms with Crippen molar-refractivity contribution in [2.75, 3.05) is 13.7 Å². The van der Waals surface area contributed by atoms with Gasteiger partial charge in [-0.05, 0) is 18.6 Å². The molecule has 1 amide bonds. The third kappa shape index (κ3) is 4.57. The second kappa shape index (κ2) is 6.72. The highest BCUT2D eigenvalue weighted by atomic mass is 19.1. The van der Waals surface area contributed by atoms with Crippen LogP contribution in [0.4, 0.5) is 4.39 Å². The molecule has 1 aromatic carbocycles. The van der Waals surface area contributed by atoms with Gasteiger partial charge < -0.3 is 14.8 Å². The molecule has 6 heteroatoms.